The van der Waals surface area contributed by atoms with E-state index in [1.807, 2.05) is 0 Å². The third-order valence-corrected chi connectivity index (χ3v) is 2.16. The van der Waals surface area contributed by atoms with E-state index >= 15 is 0 Å². The molecule has 0 spiro atoms. The molecule has 1 aromatic carbocycles. The highest BCUT2D eigenvalue weighted by Gasteiger charge is 2.02. The average Bonchev–Trinajstić information content (AvgIpc) is 2.56. The van der Waals surface area contributed by atoms with E-state index in [1.165, 1.54) is 12.1 Å². The molecule has 0 radical (unpaired) electrons. The normalized spacial score (nSPS) is 10.4. The minimum absolute atomic E-state index is 0.234. The van der Waals surface area contributed by atoms with Gasteiger partial charge in [-0.25, -0.2) is 9.37 Å². The van der Waals surface area contributed by atoms with E-state index in [9.17, 15) is 4.39 Å². The molecule has 0 aliphatic heterocycles. The van der Waals surface area contributed by atoms with Gasteiger partial charge in [-0.15, -0.1) is 0 Å². The number of oxazole rings is 1. The molecule has 72 valence electrons. The molecule has 0 atom stereocenters. The average molecular weight is 256 g/mol. The van der Waals surface area contributed by atoms with E-state index in [4.69, 9.17) is 4.42 Å². The largest absolute Gasteiger partial charge is 0.434 e. The summed E-state index contributed by atoms with van der Waals surface area (Å²) in [7, 11) is 0. The maximum absolute atomic E-state index is 12.6. The minimum atomic E-state index is -0.234. The van der Waals surface area contributed by atoms with Gasteiger partial charge in [0.2, 0.25) is 0 Å². The summed E-state index contributed by atoms with van der Waals surface area (Å²) in [5.41, 5.74) is 0.973. The van der Waals surface area contributed by atoms with Crippen molar-refractivity contribution in [2.75, 3.05) is 0 Å². The fourth-order valence-electron chi connectivity index (χ4n) is 1.15. The van der Waals surface area contributed by atoms with Gasteiger partial charge in [-0.2, -0.15) is 0 Å². The van der Waals surface area contributed by atoms with Crippen LogP contribution in [-0.2, 0) is 6.42 Å². The van der Waals surface area contributed by atoms with E-state index in [0.29, 0.717) is 17.0 Å². The third-order valence-electron chi connectivity index (χ3n) is 1.79. The Labute approximate surface area is 88.9 Å². The summed E-state index contributed by atoms with van der Waals surface area (Å²) in [6, 6.07) is 6.28. The van der Waals surface area contributed by atoms with Crippen LogP contribution >= 0.6 is 15.9 Å². The zero-order valence-electron chi connectivity index (χ0n) is 7.21. The highest BCUT2D eigenvalue weighted by Crippen LogP contribution is 2.14. The van der Waals surface area contributed by atoms with E-state index in [-0.39, 0.29) is 5.82 Å². The summed E-state index contributed by atoms with van der Waals surface area (Å²) >= 11 is 3.17. The predicted molar refractivity (Wildman–Crippen MR) is 53.4 cm³/mol. The number of benzene rings is 1. The van der Waals surface area contributed by atoms with Crippen LogP contribution in [0.15, 0.2) is 39.5 Å². The third kappa shape index (κ3) is 2.20. The van der Waals surface area contributed by atoms with Crippen LogP contribution in [0.3, 0.4) is 0 Å². The monoisotopic (exact) mass is 255 g/mol. The second-order valence-electron chi connectivity index (χ2n) is 2.86. The second kappa shape index (κ2) is 3.92. The molecule has 14 heavy (non-hydrogen) atoms. The van der Waals surface area contributed by atoms with E-state index in [2.05, 4.69) is 20.9 Å². The van der Waals surface area contributed by atoms with E-state index in [1.54, 1.807) is 18.3 Å². The van der Waals surface area contributed by atoms with Crippen LogP contribution in [0.1, 0.15) is 11.5 Å². The predicted octanol–water partition coefficient (Wildman–Crippen LogP) is 3.17. The second-order valence-corrected chi connectivity index (χ2v) is 3.64. The number of nitrogens with zero attached hydrogens (tertiary/aromatic N) is 1. The first kappa shape index (κ1) is 9.40. The van der Waals surface area contributed by atoms with Crippen LogP contribution in [0.5, 0.6) is 0 Å². The lowest BCUT2D eigenvalue weighted by molar-refractivity contribution is 0.486. The van der Waals surface area contributed by atoms with E-state index < -0.39 is 0 Å². The van der Waals surface area contributed by atoms with Gasteiger partial charge in [-0.3, -0.25) is 0 Å². The summed E-state index contributed by atoms with van der Waals surface area (Å²) in [4.78, 5) is 4.03. The standard InChI is InChI=1S/C10H7BrFNO/c11-9-6-13-10(14-9)5-7-1-3-8(12)4-2-7/h1-4,6H,5H2. The molecule has 0 saturated carbocycles. The van der Waals surface area contributed by atoms with Crippen molar-refractivity contribution in [3.05, 3.63) is 52.4 Å². The quantitative estimate of drug-likeness (QED) is 0.824. The molecule has 2 rings (SSSR count). The molecule has 1 aromatic heterocycles. The topological polar surface area (TPSA) is 26.0 Å². The van der Waals surface area contributed by atoms with Gasteiger partial charge in [0.25, 0.3) is 0 Å². The number of hydrogen-bond acceptors (Lipinski definition) is 2. The highest BCUT2D eigenvalue weighted by atomic mass is 79.9. The fourth-order valence-corrected chi connectivity index (χ4v) is 1.44. The maximum atomic E-state index is 12.6. The Morgan fingerprint density at radius 1 is 1.29 bits per heavy atom. The zero-order valence-corrected chi connectivity index (χ0v) is 8.79. The number of halogens is 2. The van der Waals surface area contributed by atoms with Gasteiger partial charge in [0, 0.05) is 6.42 Å². The SMILES string of the molecule is Fc1ccc(Cc2ncc(Br)o2)cc1. The summed E-state index contributed by atoms with van der Waals surface area (Å²) in [5.74, 6) is 0.380. The van der Waals surface area contributed by atoms with E-state index in [0.717, 1.165) is 5.56 Å². The summed E-state index contributed by atoms with van der Waals surface area (Å²) in [5, 5.41) is 0. The van der Waals surface area contributed by atoms with Crippen molar-refractivity contribution in [2.24, 2.45) is 0 Å². The molecule has 2 aromatic rings. The molecule has 4 heteroatoms. The smallest absolute Gasteiger partial charge is 0.200 e. The molecule has 0 amide bonds. The highest BCUT2D eigenvalue weighted by molar-refractivity contribution is 9.10. The Hall–Kier alpha value is -1.16. The molecule has 0 aliphatic carbocycles. The van der Waals surface area contributed by atoms with Gasteiger partial charge >= 0.3 is 0 Å². The van der Waals surface area contributed by atoms with Crippen molar-refractivity contribution < 1.29 is 8.81 Å². The van der Waals surface area contributed by atoms with Gasteiger partial charge < -0.3 is 4.42 Å². The number of hydrogen-bond donors (Lipinski definition) is 0. The van der Waals surface area contributed by atoms with Crippen LogP contribution in [0.2, 0.25) is 0 Å². The first-order valence-electron chi connectivity index (χ1n) is 4.09. The lowest BCUT2D eigenvalue weighted by Crippen LogP contribution is -1.87. The minimum Gasteiger partial charge on any atom is -0.434 e. The van der Waals surface area contributed by atoms with Crippen molar-refractivity contribution in [3.63, 3.8) is 0 Å². The molecule has 2 nitrogen and oxygen atoms in total. The van der Waals surface area contributed by atoms with Crippen molar-refractivity contribution >= 4 is 15.9 Å². The molecule has 1 heterocycles. The van der Waals surface area contributed by atoms with Crippen molar-refractivity contribution in [1.82, 2.24) is 4.98 Å². The van der Waals surface area contributed by atoms with Crippen LogP contribution < -0.4 is 0 Å². The Bertz CT molecular complexity index is 424. The summed E-state index contributed by atoms with van der Waals surface area (Å²) < 4.78 is 18.4. The summed E-state index contributed by atoms with van der Waals surface area (Å²) in [6.45, 7) is 0. The van der Waals surface area contributed by atoms with Crippen LogP contribution in [0.4, 0.5) is 4.39 Å². The van der Waals surface area contributed by atoms with Gasteiger partial charge in [0.1, 0.15) is 5.82 Å². The van der Waals surface area contributed by atoms with Crippen LogP contribution in [-0.4, -0.2) is 4.98 Å². The van der Waals surface area contributed by atoms with Crippen LogP contribution in [0, 0.1) is 5.82 Å². The number of rotatable bonds is 2. The maximum Gasteiger partial charge on any atom is 0.200 e. The number of aromatic nitrogens is 1. The molecule has 0 saturated heterocycles. The summed E-state index contributed by atoms with van der Waals surface area (Å²) in [6.07, 6.45) is 2.17. The molecule has 0 unspecified atom stereocenters. The molecule has 0 fully saturated rings. The Balaban J connectivity index is 2.15. The molecule has 0 aliphatic rings. The first-order chi connectivity index (χ1) is 6.74. The Kier molecular flexibility index (Phi) is 2.63. The first-order valence-corrected chi connectivity index (χ1v) is 4.88. The fraction of sp³-hybridized carbons (Fsp3) is 0.100. The lowest BCUT2D eigenvalue weighted by Gasteiger charge is -1.96. The molecule has 0 N–H and O–H groups in total. The van der Waals surface area contributed by atoms with Crippen LogP contribution in [0.25, 0.3) is 0 Å². The Morgan fingerprint density at radius 2 is 2.00 bits per heavy atom. The van der Waals surface area contributed by atoms with Gasteiger partial charge in [0.05, 0.1) is 6.20 Å². The van der Waals surface area contributed by atoms with Gasteiger partial charge in [-0.1, -0.05) is 12.1 Å². The molecule has 0 bridgehead atoms. The van der Waals surface area contributed by atoms with Crippen molar-refractivity contribution in [2.45, 2.75) is 6.42 Å². The van der Waals surface area contributed by atoms with Crippen molar-refractivity contribution in [3.8, 4) is 0 Å². The van der Waals surface area contributed by atoms with Gasteiger partial charge in [-0.05, 0) is 33.6 Å². The van der Waals surface area contributed by atoms with Gasteiger partial charge in [0.15, 0.2) is 10.6 Å². The van der Waals surface area contributed by atoms with Crippen molar-refractivity contribution in [1.29, 1.82) is 0 Å². The Morgan fingerprint density at radius 3 is 2.57 bits per heavy atom. The zero-order chi connectivity index (χ0) is 9.97. The molecular formula is C10H7BrFNO. The molecular weight excluding hydrogens is 249 g/mol. The lowest BCUT2D eigenvalue weighted by atomic mass is 10.1.